The Morgan fingerprint density at radius 3 is 2.68 bits per heavy atom. The van der Waals surface area contributed by atoms with Crippen LogP contribution in [0.4, 0.5) is 5.82 Å². The van der Waals surface area contributed by atoms with Crippen LogP contribution in [0.15, 0.2) is 33.5 Å². The van der Waals surface area contributed by atoms with Crippen molar-refractivity contribution in [1.29, 1.82) is 0 Å². The second-order valence-electron chi connectivity index (χ2n) is 3.38. The maximum atomic E-state index is 5.69. The van der Waals surface area contributed by atoms with Crippen molar-refractivity contribution in [2.75, 3.05) is 12.5 Å². The first-order valence-corrected chi connectivity index (χ1v) is 6.72. The molecule has 1 heterocycles. The van der Waals surface area contributed by atoms with E-state index >= 15 is 0 Å². The van der Waals surface area contributed by atoms with Crippen LogP contribution in [-0.4, -0.2) is 17.1 Å². The van der Waals surface area contributed by atoms with Gasteiger partial charge in [0.05, 0.1) is 11.6 Å². The Morgan fingerprint density at radius 1 is 1.26 bits per heavy atom. The number of aromatic nitrogens is 2. The first-order chi connectivity index (χ1) is 9.15. The lowest BCUT2D eigenvalue weighted by Gasteiger charge is -2.10. The van der Waals surface area contributed by atoms with Crippen LogP contribution in [0.2, 0.25) is 0 Å². The minimum Gasteiger partial charge on any atom is -0.497 e. The summed E-state index contributed by atoms with van der Waals surface area (Å²) in [7, 11) is 1.60. The predicted octanol–water partition coefficient (Wildman–Crippen LogP) is 3.09. The number of ether oxygens (including phenoxy) is 2. The fraction of sp³-hybridized carbons (Fsp3) is 0.0909. The van der Waals surface area contributed by atoms with Crippen molar-refractivity contribution in [2.45, 2.75) is 0 Å². The van der Waals surface area contributed by atoms with Crippen molar-refractivity contribution in [2.24, 2.45) is 5.84 Å². The maximum Gasteiger partial charge on any atom is 0.238 e. The second-order valence-corrected chi connectivity index (χ2v) is 5.03. The minimum atomic E-state index is 0.355. The number of methoxy groups -OCH3 is 1. The first-order valence-electron chi connectivity index (χ1n) is 5.14. The van der Waals surface area contributed by atoms with Gasteiger partial charge in [-0.1, -0.05) is 0 Å². The van der Waals surface area contributed by atoms with Gasteiger partial charge in [-0.05, 0) is 50.1 Å². The summed E-state index contributed by atoms with van der Waals surface area (Å²) < 4.78 is 12.1. The van der Waals surface area contributed by atoms with Gasteiger partial charge in [0.15, 0.2) is 5.82 Å². The highest BCUT2D eigenvalue weighted by Crippen LogP contribution is 2.36. The Balaban J connectivity index is 2.31. The number of halogens is 2. The van der Waals surface area contributed by atoms with E-state index < -0.39 is 0 Å². The molecule has 0 unspecified atom stereocenters. The largest absolute Gasteiger partial charge is 0.497 e. The number of nitrogens with two attached hydrogens (primary N) is 1. The molecule has 0 amide bonds. The van der Waals surface area contributed by atoms with Crippen molar-refractivity contribution in [1.82, 2.24) is 9.97 Å². The number of nitrogens with zero attached hydrogens (tertiary/aromatic N) is 2. The molecule has 2 aromatic rings. The molecule has 6 nitrogen and oxygen atoms in total. The normalized spacial score (nSPS) is 10.1. The summed E-state index contributed by atoms with van der Waals surface area (Å²) in [5.41, 5.74) is 2.44. The zero-order valence-electron chi connectivity index (χ0n) is 9.85. The Hall–Kier alpha value is -1.38. The van der Waals surface area contributed by atoms with Gasteiger partial charge in [-0.2, -0.15) is 0 Å². The third-order valence-corrected chi connectivity index (χ3v) is 3.57. The number of hydrogen-bond donors (Lipinski definition) is 2. The Bertz CT molecular complexity index is 595. The summed E-state index contributed by atoms with van der Waals surface area (Å²) in [6, 6.07) is 5.36. The van der Waals surface area contributed by atoms with Crippen molar-refractivity contribution < 1.29 is 9.47 Å². The van der Waals surface area contributed by atoms with Crippen LogP contribution in [-0.2, 0) is 0 Å². The van der Waals surface area contributed by atoms with Gasteiger partial charge in [0.25, 0.3) is 0 Å². The van der Waals surface area contributed by atoms with Crippen LogP contribution in [0.5, 0.6) is 17.4 Å². The van der Waals surface area contributed by atoms with E-state index in [4.69, 9.17) is 15.3 Å². The molecule has 0 atom stereocenters. The molecule has 1 aromatic heterocycles. The molecule has 100 valence electrons. The van der Waals surface area contributed by atoms with E-state index in [1.165, 1.54) is 6.33 Å². The van der Waals surface area contributed by atoms with E-state index in [1.807, 2.05) is 0 Å². The summed E-state index contributed by atoms with van der Waals surface area (Å²) in [4.78, 5) is 7.98. The molecule has 0 aliphatic rings. The zero-order valence-corrected chi connectivity index (χ0v) is 13.0. The number of anilines is 1. The first kappa shape index (κ1) is 14.0. The van der Waals surface area contributed by atoms with E-state index in [0.717, 1.165) is 10.2 Å². The number of hydrazine groups is 1. The lowest BCUT2D eigenvalue weighted by atomic mass is 10.3. The fourth-order valence-electron chi connectivity index (χ4n) is 1.32. The number of rotatable bonds is 4. The van der Waals surface area contributed by atoms with Gasteiger partial charge in [0, 0.05) is 0 Å². The molecule has 1 aromatic carbocycles. The van der Waals surface area contributed by atoms with Crippen LogP contribution in [0.3, 0.4) is 0 Å². The Labute approximate surface area is 126 Å². The van der Waals surface area contributed by atoms with E-state index in [2.05, 4.69) is 47.3 Å². The number of nitrogen functional groups attached to an aromatic ring is 1. The van der Waals surface area contributed by atoms with Crippen LogP contribution >= 0.6 is 31.9 Å². The lowest BCUT2D eigenvalue weighted by molar-refractivity contribution is 0.411. The smallest absolute Gasteiger partial charge is 0.238 e. The molecule has 0 fully saturated rings. The molecule has 2 rings (SSSR count). The third-order valence-electron chi connectivity index (χ3n) is 2.24. The molecule has 0 spiro atoms. The average molecular weight is 390 g/mol. The molecular weight excluding hydrogens is 380 g/mol. The third kappa shape index (κ3) is 3.14. The van der Waals surface area contributed by atoms with Gasteiger partial charge in [0.1, 0.15) is 22.3 Å². The SMILES string of the molecule is COc1ccc(Oc2ncnc(NN)c2Br)c(Br)c1. The van der Waals surface area contributed by atoms with E-state index in [9.17, 15) is 0 Å². The summed E-state index contributed by atoms with van der Waals surface area (Å²) >= 11 is 6.72. The second kappa shape index (κ2) is 6.18. The summed E-state index contributed by atoms with van der Waals surface area (Å²) in [6.07, 6.45) is 1.35. The van der Waals surface area contributed by atoms with E-state index in [1.54, 1.807) is 25.3 Å². The number of nitrogens with one attached hydrogen (secondary N) is 1. The molecule has 19 heavy (non-hydrogen) atoms. The zero-order chi connectivity index (χ0) is 13.8. The standard InChI is InChI=1S/C11H10Br2N4O2/c1-18-6-2-3-8(7(12)4-6)19-11-9(13)10(17-14)15-5-16-11/h2-5H,14H2,1H3,(H,15,16,17). The molecule has 0 radical (unpaired) electrons. The topological polar surface area (TPSA) is 82.3 Å². The molecule has 0 aliphatic carbocycles. The lowest BCUT2D eigenvalue weighted by Crippen LogP contribution is -2.09. The maximum absolute atomic E-state index is 5.69. The average Bonchev–Trinajstić information content (AvgIpc) is 2.43. The van der Waals surface area contributed by atoms with Crippen LogP contribution in [0.1, 0.15) is 0 Å². The van der Waals surface area contributed by atoms with Crippen LogP contribution in [0, 0.1) is 0 Å². The minimum absolute atomic E-state index is 0.355. The van der Waals surface area contributed by atoms with Gasteiger partial charge in [-0.15, -0.1) is 0 Å². The van der Waals surface area contributed by atoms with Gasteiger partial charge in [-0.25, -0.2) is 15.8 Å². The highest BCUT2D eigenvalue weighted by atomic mass is 79.9. The van der Waals surface area contributed by atoms with Gasteiger partial charge >= 0.3 is 0 Å². The van der Waals surface area contributed by atoms with Crippen molar-refractivity contribution in [3.63, 3.8) is 0 Å². The van der Waals surface area contributed by atoms with Crippen molar-refractivity contribution >= 4 is 37.7 Å². The summed E-state index contributed by atoms with van der Waals surface area (Å²) in [6.45, 7) is 0. The predicted molar refractivity (Wildman–Crippen MR) is 78.3 cm³/mol. The molecule has 3 N–H and O–H groups in total. The fourth-order valence-corrected chi connectivity index (χ4v) is 2.16. The molecular formula is C11H10Br2N4O2. The van der Waals surface area contributed by atoms with Crippen molar-refractivity contribution in [3.05, 3.63) is 33.5 Å². The Morgan fingerprint density at radius 2 is 2.05 bits per heavy atom. The molecule has 0 saturated heterocycles. The highest BCUT2D eigenvalue weighted by molar-refractivity contribution is 9.11. The van der Waals surface area contributed by atoms with Crippen molar-refractivity contribution in [3.8, 4) is 17.4 Å². The monoisotopic (exact) mass is 388 g/mol. The number of hydrogen-bond acceptors (Lipinski definition) is 6. The highest BCUT2D eigenvalue weighted by Gasteiger charge is 2.12. The van der Waals surface area contributed by atoms with Crippen LogP contribution < -0.4 is 20.7 Å². The van der Waals surface area contributed by atoms with E-state index in [0.29, 0.717) is 21.9 Å². The van der Waals surface area contributed by atoms with Crippen LogP contribution in [0.25, 0.3) is 0 Å². The summed E-state index contributed by atoms with van der Waals surface area (Å²) in [5.74, 6) is 7.45. The molecule has 0 aliphatic heterocycles. The quantitative estimate of drug-likeness (QED) is 0.617. The molecule has 0 bridgehead atoms. The van der Waals surface area contributed by atoms with Gasteiger partial charge in [-0.3, -0.25) is 0 Å². The van der Waals surface area contributed by atoms with Gasteiger partial charge in [0.2, 0.25) is 5.88 Å². The number of benzene rings is 1. The molecule has 8 heteroatoms. The molecule has 0 saturated carbocycles. The van der Waals surface area contributed by atoms with E-state index in [-0.39, 0.29) is 0 Å². The Kier molecular flexibility index (Phi) is 4.56. The summed E-state index contributed by atoms with van der Waals surface area (Å²) in [5, 5.41) is 0. The van der Waals surface area contributed by atoms with Gasteiger partial charge < -0.3 is 14.9 Å².